The van der Waals surface area contributed by atoms with E-state index in [1.165, 1.54) is 0 Å². The van der Waals surface area contributed by atoms with Gasteiger partial charge in [-0.25, -0.2) is 0 Å². The van der Waals surface area contributed by atoms with Gasteiger partial charge in [0.2, 0.25) is 0 Å². The number of aryl methyl sites for hydroxylation is 1. The molecule has 0 radical (unpaired) electrons. The summed E-state index contributed by atoms with van der Waals surface area (Å²) in [7, 11) is 0. The van der Waals surface area contributed by atoms with Gasteiger partial charge in [0, 0.05) is 18.2 Å². The van der Waals surface area contributed by atoms with Crippen LogP contribution in [0.2, 0.25) is 0 Å². The Kier molecular flexibility index (Phi) is 4.29. The van der Waals surface area contributed by atoms with E-state index in [1.54, 1.807) is 18.3 Å². The Hall–Kier alpha value is -2.16. The summed E-state index contributed by atoms with van der Waals surface area (Å²) >= 11 is 0. The van der Waals surface area contributed by atoms with Gasteiger partial charge in [0.25, 0.3) is 0 Å². The van der Waals surface area contributed by atoms with Crippen LogP contribution in [0.3, 0.4) is 0 Å². The van der Waals surface area contributed by atoms with Crippen LogP contribution in [-0.2, 0) is 6.61 Å². The first-order valence-corrected chi connectivity index (χ1v) is 6.37. The van der Waals surface area contributed by atoms with Crippen LogP contribution in [0.5, 0.6) is 5.75 Å². The van der Waals surface area contributed by atoms with Crippen molar-refractivity contribution in [1.29, 1.82) is 0 Å². The molecule has 0 atom stereocenters. The highest BCUT2D eigenvalue weighted by Crippen LogP contribution is 2.15. The number of aromatic nitrogens is 1. The molecule has 0 N–H and O–H groups in total. The molecule has 0 bridgehead atoms. The minimum atomic E-state index is 0.145. The number of ether oxygens (including phenoxy) is 1. The fourth-order valence-corrected chi connectivity index (χ4v) is 1.76. The largest absolute Gasteiger partial charge is 0.487 e. The van der Waals surface area contributed by atoms with Crippen molar-refractivity contribution in [2.75, 3.05) is 0 Å². The molecule has 2 rings (SSSR count). The lowest BCUT2D eigenvalue weighted by Crippen LogP contribution is -2.01. The molecule has 0 spiro atoms. The monoisotopic (exact) mass is 255 g/mol. The van der Waals surface area contributed by atoms with Gasteiger partial charge in [-0.05, 0) is 42.8 Å². The molecule has 0 amide bonds. The summed E-state index contributed by atoms with van der Waals surface area (Å²) in [5.74, 6) is 0.893. The first kappa shape index (κ1) is 13.3. The van der Waals surface area contributed by atoms with Crippen molar-refractivity contribution in [2.24, 2.45) is 0 Å². The molecule has 0 saturated carbocycles. The molecule has 0 aliphatic heterocycles. The number of benzene rings is 1. The third kappa shape index (κ3) is 3.41. The summed E-state index contributed by atoms with van der Waals surface area (Å²) < 4.78 is 5.67. The highest BCUT2D eigenvalue weighted by molar-refractivity contribution is 5.95. The minimum absolute atomic E-state index is 0.145. The summed E-state index contributed by atoms with van der Waals surface area (Å²) in [6, 6.07) is 11.2. The maximum absolute atomic E-state index is 11.5. The second-order valence-electron chi connectivity index (χ2n) is 4.36. The quantitative estimate of drug-likeness (QED) is 0.767. The molecule has 3 heteroatoms. The first-order valence-electron chi connectivity index (χ1n) is 6.37. The zero-order chi connectivity index (χ0) is 13.7. The van der Waals surface area contributed by atoms with Crippen LogP contribution in [0.15, 0.2) is 42.6 Å². The second-order valence-corrected chi connectivity index (χ2v) is 4.36. The van der Waals surface area contributed by atoms with Crippen molar-refractivity contribution in [3.05, 3.63) is 59.4 Å². The van der Waals surface area contributed by atoms with E-state index >= 15 is 0 Å². The van der Waals surface area contributed by atoms with Gasteiger partial charge in [-0.15, -0.1) is 0 Å². The Balaban J connectivity index is 2.01. The Morgan fingerprint density at radius 2 is 1.95 bits per heavy atom. The number of hydrogen-bond acceptors (Lipinski definition) is 3. The van der Waals surface area contributed by atoms with Crippen LogP contribution in [0.4, 0.5) is 0 Å². The molecule has 19 heavy (non-hydrogen) atoms. The second kappa shape index (κ2) is 6.14. The molecule has 0 saturated heterocycles. The maximum Gasteiger partial charge on any atom is 0.162 e. The zero-order valence-electron chi connectivity index (χ0n) is 11.2. The van der Waals surface area contributed by atoms with Gasteiger partial charge in [-0.1, -0.05) is 13.0 Å². The van der Waals surface area contributed by atoms with Crippen LogP contribution in [0, 0.1) is 6.92 Å². The average molecular weight is 255 g/mol. The summed E-state index contributed by atoms with van der Waals surface area (Å²) in [5.41, 5.74) is 2.76. The number of pyridine rings is 1. The third-order valence-electron chi connectivity index (χ3n) is 2.99. The van der Waals surface area contributed by atoms with E-state index in [0.717, 1.165) is 22.6 Å². The van der Waals surface area contributed by atoms with Gasteiger partial charge in [0.05, 0.1) is 5.69 Å². The van der Waals surface area contributed by atoms with E-state index in [9.17, 15) is 4.79 Å². The van der Waals surface area contributed by atoms with Crippen LogP contribution < -0.4 is 4.74 Å². The van der Waals surface area contributed by atoms with Gasteiger partial charge in [-0.2, -0.15) is 0 Å². The highest BCUT2D eigenvalue weighted by Gasteiger charge is 2.04. The summed E-state index contributed by atoms with van der Waals surface area (Å²) in [6.07, 6.45) is 2.28. The molecule has 2 aromatic rings. The minimum Gasteiger partial charge on any atom is -0.487 e. The summed E-state index contributed by atoms with van der Waals surface area (Å²) in [4.78, 5) is 15.8. The van der Waals surface area contributed by atoms with Gasteiger partial charge >= 0.3 is 0 Å². The van der Waals surface area contributed by atoms with Crippen LogP contribution in [-0.4, -0.2) is 10.8 Å². The van der Waals surface area contributed by atoms with Gasteiger partial charge in [0.15, 0.2) is 5.78 Å². The molecule has 1 aromatic heterocycles. The molecule has 0 aliphatic carbocycles. The van der Waals surface area contributed by atoms with Crippen molar-refractivity contribution in [3.8, 4) is 5.75 Å². The topological polar surface area (TPSA) is 39.2 Å². The lowest BCUT2D eigenvalue weighted by molar-refractivity contribution is 0.0988. The Morgan fingerprint density at radius 1 is 1.21 bits per heavy atom. The van der Waals surface area contributed by atoms with Crippen LogP contribution in [0.25, 0.3) is 0 Å². The molecular weight excluding hydrogens is 238 g/mol. The molecule has 0 aliphatic rings. The number of Topliss-reactive ketones (excluding diaryl/α,β-unsaturated/α-hetero) is 1. The van der Waals surface area contributed by atoms with E-state index in [-0.39, 0.29) is 5.78 Å². The number of nitrogens with zero attached hydrogens (tertiary/aromatic N) is 1. The number of hydrogen-bond donors (Lipinski definition) is 0. The van der Waals surface area contributed by atoms with Gasteiger partial charge in [0.1, 0.15) is 12.4 Å². The average Bonchev–Trinajstić information content (AvgIpc) is 2.46. The zero-order valence-corrected chi connectivity index (χ0v) is 11.2. The van der Waals surface area contributed by atoms with Crippen molar-refractivity contribution in [2.45, 2.75) is 26.9 Å². The molecule has 3 nitrogen and oxygen atoms in total. The van der Waals surface area contributed by atoms with Gasteiger partial charge < -0.3 is 4.74 Å². The Bertz CT molecular complexity index is 561. The number of rotatable bonds is 5. The summed E-state index contributed by atoms with van der Waals surface area (Å²) in [6.45, 7) is 4.30. The predicted octanol–water partition coefficient (Wildman–Crippen LogP) is 3.56. The predicted molar refractivity (Wildman–Crippen MR) is 74.4 cm³/mol. The fraction of sp³-hybridized carbons (Fsp3) is 0.250. The number of ketones is 1. The maximum atomic E-state index is 11.5. The standard InChI is InChI=1S/C16H17NO2/c1-3-16(18)13-6-8-14(9-7-13)19-11-15-12(2)5-4-10-17-15/h4-10H,3,11H2,1-2H3. The van der Waals surface area contributed by atoms with E-state index < -0.39 is 0 Å². The third-order valence-corrected chi connectivity index (χ3v) is 2.99. The molecular formula is C16H17NO2. The smallest absolute Gasteiger partial charge is 0.162 e. The summed E-state index contributed by atoms with van der Waals surface area (Å²) in [5, 5.41) is 0. The lowest BCUT2D eigenvalue weighted by atomic mass is 10.1. The highest BCUT2D eigenvalue weighted by atomic mass is 16.5. The Labute approximate surface area is 113 Å². The van der Waals surface area contributed by atoms with Crippen molar-refractivity contribution < 1.29 is 9.53 Å². The van der Waals surface area contributed by atoms with E-state index in [2.05, 4.69) is 4.98 Å². The molecule has 0 fully saturated rings. The molecule has 98 valence electrons. The lowest BCUT2D eigenvalue weighted by Gasteiger charge is -2.08. The van der Waals surface area contributed by atoms with E-state index in [0.29, 0.717) is 13.0 Å². The SMILES string of the molecule is CCC(=O)c1ccc(OCc2ncccc2C)cc1. The van der Waals surface area contributed by atoms with E-state index in [1.807, 2.05) is 38.1 Å². The van der Waals surface area contributed by atoms with E-state index in [4.69, 9.17) is 4.74 Å². The van der Waals surface area contributed by atoms with Crippen LogP contribution in [0.1, 0.15) is 35.0 Å². The first-order chi connectivity index (χ1) is 9.20. The normalized spacial score (nSPS) is 10.2. The fourth-order valence-electron chi connectivity index (χ4n) is 1.76. The van der Waals surface area contributed by atoms with Crippen LogP contribution >= 0.6 is 0 Å². The molecule has 1 aromatic carbocycles. The Morgan fingerprint density at radius 3 is 2.58 bits per heavy atom. The molecule has 1 heterocycles. The molecule has 0 unspecified atom stereocenters. The number of carbonyl (C=O) groups excluding carboxylic acids is 1. The van der Waals surface area contributed by atoms with Crippen molar-refractivity contribution >= 4 is 5.78 Å². The van der Waals surface area contributed by atoms with Crippen molar-refractivity contribution in [1.82, 2.24) is 4.98 Å². The number of carbonyl (C=O) groups is 1. The van der Waals surface area contributed by atoms with Crippen molar-refractivity contribution in [3.63, 3.8) is 0 Å². The van der Waals surface area contributed by atoms with Gasteiger partial charge in [-0.3, -0.25) is 9.78 Å².